The average Bonchev–Trinajstić information content (AvgIpc) is 1.59. The van der Waals surface area contributed by atoms with Crippen molar-refractivity contribution in [3.05, 3.63) is 0 Å². The lowest BCUT2D eigenvalue weighted by atomic mass is 9.97. The molecule has 0 spiro atoms. The molecular formula is C8H17NO. The van der Waals surface area contributed by atoms with Gasteiger partial charge in [0.25, 0.3) is 0 Å². The highest BCUT2D eigenvalue weighted by Gasteiger charge is 2.08. The fraction of sp³-hybridized carbons (Fsp3) is 0.875. The van der Waals surface area contributed by atoms with Gasteiger partial charge in [0.1, 0.15) is 5.78 Å². The second-order valence-electron chi connectivity index (χ2n) is 3.87. The molecule has 0 unspecified atom stereocenters. The van der Waals surface area contributed by atoms with Crippen LogP contribution >= 0.6 is 0 Å². The number of carbonyl (C=O) groups excluding carboxylic acids is 1. The van der Waals surface area contributed by atoms with Crippen LogP contribution < -0.4 is 5.32 Å². The van der Waals surface area contributed by atoms with Crippen molar-refractivity contribution in [1.29, 1.82) is 0 Å². The van der Waals surface area contributed by atoms with Gasteiger partial charge in [-0.2, -0.15) is 0 Å². The Kier molecular flexibility index (Phi) is 3.58. The molecule has 0 saturated heterocycles. The van der Waals surface area contributed by atoms with Crippen molar-refractivity contribution in [1.82, 2.24) is 5.32 Å². The fourth-order valence-corrected chi connectivity index (χ4v) is 0.614. The first kappa shape index (κ1) is 9.63. The van der Waals surface area contributed by atoms with Crippen molar-refractivity contribution in [2.45, 2.75) is 27.7 Å². The van der Waals surface area contributed by atoms with E-state index in [1.165, 1.54) is 0 Å². The quantitative estimate of drug-likeness (QED) is 0.643. The molecule has 0 bridgehead atoms. The van der Waals surface area contributed by atoms with Crippen LogP contribution in [0.3, 0.4) is 0 Å². The third-order valence-electron chi connectivity index (χ3n) is 1.03. The van der Waals surface area contributed by atoms with E-state index in [1.54, 1.807) is 6.92 Å². The first-order chi connectivity index (χ1) is 4.42. The van der Waals surface area contributed by atoms with Crippen LogP contribution in [0.4, 0.5) is 0 Å². The molecule has 2 nitrogen and oxygen atoms in total. The Balaban J connectivity index is 3.29. The fourth-order valence-electron chi connectivity index (χ4n) is 0.614. The van der Waals surface area contributed by atoms with Gasteiger partial charge in [0, 0.05) is 6.54 Å². The Labute approximate surface area is 63.0 Å². The molecule has 0 aliphatic heterocycles. The van der Waals surface area contributed by atoms with Gasteiger partial charge in [0.05, 0.1) is 6.54 Å². The molecule has 0 aliphatic carbocycles. The maximum Gasteiger partial charge on any atom is 0.143 e. The normalized spacial score (nSPS) is 11.6. The summed E-state index contributed by atoms with van der Waals surface area (Å²) in [4.78, 5) is 10.5. The molecule has 0 rings (SSSR count). The molecule has 0 aromatic carbocycles. The van der Waals surface area contributed by atoms with E-state index in [9.17, 15) is 4.79 Å². The van der Waals surface area contributed by atoms with Crippen LogP contribution in [0.1, 0.15) is 27.7 Å². The van der Waals surface area contributed by atoms with Crippen molar-refractivity contribution in [2.24, 2.45) is 5.41 Å². The predicted octanol–water partition coefficient (Wildman–Crippen LogP) is 1.21. The third kappa shape index (κ3) is 7.63. The lowest BCUT2D eigenvalue weighted by Gasteiger charge is -2.17. The minimum Gasteiger partial charge on any atom is -0.310 e. The molecule has 0 aromatic heterocycles. The van der Waals surface area contributed by atoms with Crippen LogP contribution in [0.5, 0.6) is 0 Å². The minimum atomic E-state index is 0.198. The Morgan fingerprint density at radius 2 is 1.90 bits per heavy atom. The van der Waals surface area contributed by atoms with Crippen LogP contribution in [0.2, 0.25) is 0 Å². The van der Waals surface area contributed by atoms with Crippen molar-refractivity contribution >= 4 is 5.78 Å². The highest BCUT2D eigenvalue weighted by atomic mass is 16.1. The first-order valence-electron chi connectivity index (χ1n) is 3.62. The molecule has 60 valence electrons. The lowest BCUT2D eigenvalue weighted by Crippen LogP contribution is -2.30. The van der Waals surface area contributed by atoms with Crippen LogP contribution in [0, 0.1) is 5.41 Å². The molecule has 0 aliphatic rings. The molecule has 0 fully saturated rings. The third-order valence-corrected chi connectivity index (χ3v) is 1.03. The zero-order valence-corrected chi connectivity index (χ0v) is 7.32. The van der Waals surface area contributed by atoms with E-state index in [2.05, 4.69) is 26.1 Å². The van der Waals surface area contributed by atoms with Gasteiger partial charge in [-0.3, -0.25) is 4.79 Å². The predicted molar refractivity (Wildman–Crippen MR) is 43.0 cm³/mol. The van der Waals surface area contributed by atoms with E-state index >= 15 is 0 Å². The lowest BCUT2D eigenvalue weighted by molar-refractivity contribution is -0.116. The maximum atomic E-state index is 10.5. The standard InChI is InChI=1S/C8H17NO/c1-7(10)5-9-6-8(2,3)4/h9H,5-6H2,1-4H3. The minimum absolute atomic E-state index is 0.198. The summed E-state index contributed by atoms with van der Waals surface area (Å²) in [5.41, 5.74) is 0.273. The second kappa shape index (κ2) is 3.71. The first-order valence-corrected chi connectivity index (χ1v) is 3.62. The number of hydrogen-bond donors (Lipinski definition) is 1. The van der Waals surface area contributed by atoms with Gasteiger partial charge in [0.15, 0.2) is 0 Å². The molecule has 10 heavy (non-hydrogen) atoms. The molecule has 0 radical (unpaired) electrons. The monoisotopic (exact) mass is 143 g/mol. The van der Waals surface area contributed by atoms with E-state index in [0.717, 1.165) is 6.54 Å². The van der Waals surface area contributed by atoms with Gasteiger partial charge in [-0.25, -0.2) is 0 Å². The zero-order chi connectivity index (χ0) is 8.20. The Morgan fingerprint density at radius 3 is 2.20 bits per heavy atom. The Bertz CT molecular complexity index is 113. The molecule has 0 amide bonds. The van der Waals surface area contributed by atoms with Gasteiger partial charge >= 0.3 is 0 Å². The van der Waals surface area contributed by atoms with Crippen molar-refractivity contribution in [3.8, 4) is 0 Å². The number of ketones is 1. The Morgan fingerprint density at radius 1 is 1.40 bits per heavy atom. The molecule has 0 aromatic rings. The molecule has 0 saturated carbocycles. The summed E-state index contributed by atoms with van der Waals surface area (Å²) in [5, 5.41) is 3.08. The highest BCUT2D eigenvalue weighted by molar-refractivity contribution is 5.77. The van der Waals surface area contributed by atoms with Crippen molar-refractivity contribution < 1.29 is 4.79 Å². The number of hydrogen-bond acceptors (Lipinski definition) is 2. The molecule has 0 heterocycles. The summed E-state index contributed by atoms with van der Waals surface area (Å²) in [6.45, 7) is 9.40. The summed E-state index contributed by atoms with van der Waals surface area (Å²) in [7, 11) is 0. The zero-order valence-electron chi connectivity index (χ0n) is 7.32. The van der Waals surface area contributed by atoms with E-state index in [4.69, 9.17) is 0 Å². The summed E-state index contributed by atoms with van der Waals surface area (Å²) in [6, 6.07) is 0. The Hall–Kier alpha value is -0.370. The van der Waals surface area contributed by atoms with Gasteiger partial charge in [-0.1, -0.05) is 20.8 Å². The molecular weight excluding hydrogens is 126 g/mol. The molecule has 2 heteroatoms. The summed E-state index contributed by atoms with van der Waals surface area (Å²) >= 11 is 0. The van der Waals surface area contributed by atoms with Crippen LogP contribution in [-0.2, 0) is 4.79 Å². The van der Waals surface area contributed by atoms with Crippen LogP contribution in [-0.4, -0.2) is 18.9 Å². The highest BCUT2D eigenvalue weighted by Crippen LogP contribution is 2.09. The van der Waals surface area contributed by atoms with E-state index in [0.29, 0.717) is 6.54 Å². The van der Waals surface area contributed by atoms with Crippen molar-refractivity contribution in [2.75, 3.05) is 13.1 Å². The number of Topliss-reactive ketones (excluding diaryl/α,β-unsaturated/α-hetero) is 1. The molecule has 1 N–H and O–H groups in total. The molecule has 0 atom stereocenters. The summed E-state index contributed by atoms with van der Waals surface area (Å²) in [6.07, 6.45) is 0. The number of nitrogens with one attached hydrogen (secondary N) is 1. The smallest absolute Gasteiger partial charge is 0.143 e. The van der Waals surface area contributed by atoms with E-state index < -0.39 is 0 Å². The van der Waals surface area contributed by atoms with Crippen LogP contribution in [0.15, 0.2) is 0 Å². The van der Waals surface area contributed by atoms with Gasteiger partial charge in [-0.05, 0) is 12.3 Å². The maximum absolute atomic E-state index is 10.5. The number of carbonyl (C=O) groups is 1. The topological polar surface area (TPSA) is 29.1 Å². The number of rotatable bonds is 3. The SMILES string of the molecule is CC(=O)CNCC(C)(C)C. The average molecular weight is 143 g/mol. The van der Waals surface area contributed by atoms with E-state index in [-0.39, 0.29) is 11.2 Å². The summed E-state index contributed by atoms with van der Waals surface area (Å²) in [5.74, 6) is 0.198. The largest absolute Gasteiger partial charge is 0.310 e. The van der Waals surface area contributed by atoms with Gasteiger partial charge < -0.3 is 5.32 Å². The van der Waals surface area contributed by atoms with Crippen molar-refractivity contribution in [3.63, 3.8) is 0 Å². The van der Waals surface area contributed by atoms with Crippen LogP contribution in [0.25, 0.3) is 0 Å². The van der Waals surface area contributed by atoms with Gasteiger partial charge in [0.2, 0.25) is 0 Å². The van der Waals surface area contributed by atoms with E-state index in [1.807, 2.05) is 0 Å². The second-order valence-corrected chi connectivity index (χ2v) is 3.87. The van der Waals surface area contributed by atoms with Gasteiger partial charge in [-0.15, -0.1) is 0 Å². The summed E-state index contributed by atoms with van der Waals surface area (Å²) < 4.78 is 0.